The van der Waals surface area contributed by atoms with Crippen LogP contribution in [0.3, 0.4) is 0 Å². The minimum Gasteiger partial charge on any atom is -0.388 e. The van der Waals surface area contributed by atoms with Gasteiger partial charge in [-0.25, -0.2) is 4.98 Å². The van der Waals surface area contributed by atoms with Crippen molar-refractivity contribution in [1.29, 1.82) is 0 Å². The van der Waals surface area contributed by atoms with E-state index < -0.39 is 5.60 Å². The molecule has 2 N–H and O–H groups in total. The Morgan fingerprint density at radius 1 is 1.53 bits per heavy atom. The fourth-order valence-electron chi connectivity index (χ4n) is 1.90. The lowest BCUT2D eigenvalue weighted by Gasteiger charge is -2.25. The van der Waals surface area contributed by atoms with E-state index in [9.17, 15) is 9.90 Å². The maximum absolute atomic E-state index is 12.0. The molecule has 0 bridgehead atoms. The van der Waals surface area contributed by atoms with Crippen molar-refractivity contribution in [3.8, 4) is 0 Å². The SMILES string of the molecule is CC(C)CC(C)(O)CNC(=O)c1cc(Cl)ncc1Cl. The number of aliphatic hydroxyl groups is 1. The van der Waals surface area contributed by atoms with E-state index in [1.54, 1.807) is 6.92 Å². The van der Waals surface area contributed by atoms with E-state index >= 15 is 0 Å². The second-order valence-corrected chi connectivity index (χ2v) is 6.06. The zero-order valence-corrected chi connectivity index (χ0v) is 12.7. The van der Waals surface area contributed by atoms with Gasteiger partial charge in [0.1, 0.15) is 5.15 Å². The molecule has 106 valence electrons. The third-order valence-electron chi connectivity index (χ3n) is 2.54. The molecule has 0 saturated carbocycles. The van der Waals surface area contributed by atoms with E-state index in [2.05, 4.69) is 10.3 Å². The summed E-state index contributed by atoms with van der Waals surface area (Å²) in [5.74, 6) is -0.0378. The summed E-state index contributed by atoms with van der Waals surface area (Å²) in [7, 11) is 0. The van der Waals surface area contributed by atoms with Crippen molar-refractivity contribution in [1.82, 2.24) is 10.3 Å². The van der Waals surface area contributed by atoms with Gasteiger partial charge >= 0.3 is 0 Å². The number of nitrogens with zero attached hydrogens (tertiary/aromatic N) is 1. The Labute approximate surface area is 123 Å². The van der Waals surface area contributed by atoms with Gasteiger partial charge < -0.3 is 10.4 Å². The molecule has 1 heterocycles. The van der Waals surface area contributed by atoms with Gasteiger partial charge in [0.05, 0.1) is 16.2 Å². The maximum Gasteiger partial charge on any atom is 0.253 e. The lowest BCUT2D eigenvalue weighted by Crippen LogP contribution is -2.41. The number of hydrogen-bond acceptors (Lipinski definition) is 3. The Balaban J connectivity index is 2.68. The molecule has 6 heteroatoms. The van der Waals surface area contributed by atoms with Crippen molar-refractivity contribution in [3.63, 3.8) is 0 Å². The van der Waals surface area contributed by atoms with Crippen molar-refractivity contribution < 1.29 is 9.90 Å². The van der Waals surface area contributed by atoms with Crippen LogP contribution in [0, 0.1) is 5.92 Å². The summed E-state index contributed by atoms with van der Waals surface area (Å²) in [5.41, 5.74) is -0.699. The molecule has 0 saturated heterocycles. The maximum atomic E-state index is 12.0. The molecule has 19 heavy (non-hydrogen) atoms. The topological polar surface area (TPSA) is 62.2 Å². The van der Waals surface area contributed by atoms with Crippen molar-refractivity contribution in [3.05, 3.63) is 28.0 Å². The van der Waals surface area contributed by atoms with Crippen LogP contribution in [0.4, 0.5) is 0 Å². The summed E-state index contributed by atoms with van der Waals surface area (Å²) in [6.07, 6.45) is 1.92. The number of rotatable bonds is 5. The fourth-order valence-corrected chi connectivity index (χ4v) is 2.25. The molecule has 1 unspecified atom stereocenters. The molecule has 0 aliphatic heterocycles. The van der Waals surface area contributed by atoms with E-state index in [1.165, 1.54) is 12.3 Å². The highest BCUT2D eigenvalue weighted by molar-refractivity contribution is 6.35. The molecule has 1 rings (SSSR count). The van der Waals surface area contributed by atoms with Crippen LogP contribution in [0.1, 0.15) is 37.6 Å². The van der Waals surface area contributed by atoms with Gasteiger partial charge in [-0.15, -0.1) is 0 Å². The molecule has 0 radical (unpaired) electrons. The van der Waals surface area contributed by atoms with Crippen LogP contribution < -0.4 is 5.32 Å². The standard InChI is InChI=1S/C13H18Cl2N2O2/c1-8(2)5-13(3,19)7-17-12(18)9-4-11(15)16-6-10(9)14/h4,6,8,19H,5,7H2,1-3H3,(H,17,18). The van der Waals surface area contributed by atoms with E-state index in [0.29, 0.717) is 12.3 Å². The summed E-state index contributed by atoms with van der Waals surface area (Å²) in [6, 6.07) is 1.40. The van der Waals surface area contributed by atoms with Crippen LogP contribution in [0.5, 0.6) is 0 Å². The number of hydrogen-bond donors (Lipinski definition) is 2. The molecule has 0 aliphatic rings. The Bertz CT molecular complexity index is 462. The minimum atomic E-state index is -0.951. The molecule has 1 aromatic heterocycles. The Hall–Kier alpha value is -0.840. The van der Waals surface area contributed by atoms with Gasteiger partial charge in [-0.05, 0) is 25.3 Å². The third-order valence-corrected chi connectivity index (χ3v) is 3.05. The molecule has 4 nitrogen and oxygen atoms in total. The number of amides is 1. The van der Waals surface area contributed by atoms with Crippen molar-refractivity contribution in [2.45, 2.75) is 32.8 Å². The van der Waals surface area contributed by atoms with E-state index in [4.69, 9.17) is 23.2 Å². The largest absolute Gasteiger partial charge is 0.388 e. The van der Waals surface area contributed by atoms with Gasteiger partial charge in [0.25, 0.3) is 5.91 Å². The zero-order valence-electron chi connectivity index (χ0n) is 11.2. The fraction of sp³-hybridized carbons (Fsp3) is 0.538. The molecule has 0 spiro atoms. The van der Waals surface area contributed by atoms with Crippen molar-refractivity contribution in [2.24, 2.45) is 5.92 Å². The number of carbonyl (C=O) groups is 1. The predicted molar refractivity (Wildman–Crippen MR) is 76.7 cm³/mol. The second kappa shape index (κ2) is 6.55. The van der Waals surface area contributed by atoms with Crippen molar-refractivity contribution >= 4 is 29.1 Å². The first-order valence-electron chi connectivity index (χ1n) is 6.03. The molecule has 0 aromatic carbocycles. The summed E-state index contributed by atoms with van der Waals surface area (Å²) < 4.78 is 0. The summed E-state index contributed by atoms with van der Waals surface area (Å²) in [6.45, 7) is 5.86. The average Bonchev–Trinajstić information content (AvgIpc) is 2.27. The van der Waals surface area contributed by atoms with Crippen LogP contribution >= 0.6 is 23.2 Å². The van der Waals surface area contributed by atoms with Gasteiger partial charge in [-0.2, -0.15) is 0 Å². The monoisotopic (exact) mass is 304 g/mol. The van der Waals surface area contributed by atoms with Gasteiger partial charge in [-0.3, -0.25) is 4.79 Å². The minimum absolute atomic E-state index is 0.153. The molecule has 0 aliphatic carbocycles. The first kappa shape index (κ1) is 16.2. The average molecular weight is 305 g/mol. The van der Waals surface area contributed by atoms with E-state index in [0.717, 1.165) is 0 Å². The van der Waals surface area contributed by atoms with Gasteiger partial charge in [0.2, 0.25) is 0 Å². The highest BCUT2D eigenvalue weighted by Gasteiger charge is 2.23. The molecular formula is C13H18Cl2N2O2. The second-order valence-electron chi connectivity index (χ2n) is 5.26. The summed E-state index contributed by atoms with van der Waals surface area (Å²) in [4.78, 5) is 15.7. The first-order chi connectivity index (χ1) is 8.71. The lowest BCUT2D eigenvalue weighted by atomic mass is 9.94. The Morgan fingerprint density at radius 3 is 2.74 bits per heavy atom. The number of nitrogens with one attached hydrogen (secondary N) is 1. The smallest absolute Gasteiger partial charge is 0.253 e. The number of pyridine rings is 1. The van der Waals surface area contributed by atoms with Crippen LogP contribution in [-0.2, 0) is 0 Å². The van der Waals surface area contributed by atoms with E-state index in [1.807, 2.05) is 13.8 Å². The van der Waals surface area contributed by atoms with Gasteiger partial charge in [-0.1, -0.05) is 37.0 Å². The normalized spacial score (nSPS) is 14.3. The number of carbonyl (C=O) groups excluding carboxylic acids is 1. The predicted octanol–water partition coefficient (Wildman–Crippen LogP) is 2.92. The third kappa shape index (κ3) is 5.35. The summed E-state index contributed by atoms with van der Waals surface area (Å²) >= 11 is 11.6. The highest BCUT2D eigenvalue weighted by Crippen LogP contribution is 2.19. The quantitative estimate of drug-likeness (QED) is 0.822. The molecule has 1 amide bonds. The van der Waals surface area contributed by atoms with Crippen LogP contribution in [0.15, 0.2) is 12.3 Å². The number of aromatic nitrogens is 1. The van der Waals surface area contributed by atoms with Gasteiger partial charge in [0.15, 0.2) is 0 Å². The van der Waals surface area contributed by atoms with Crippen LogP contribution in [0.25, 0.3) is 0 Å². The highest BCUT2D eigenvalue weighted by atomic mass is 35.5. The lowest BCUT2D eigenvalue weighted by molar-refractivity contribution is 0.0368. The molecular weight excluding hydrogens is 287 g/mol. The molecule has 0 fully saturated rings. The van der Waals surface area contributed by atoms with Crippen LogP contribution in [-0.4, -0.2) is 28.1 Å². The zero-order chi connectivity index (χ0) is 14.6. The molecule has 1 atom stereocenters. The Kier molecular flexibility index (Phi) is 5.59. The summed E-state index contributed by atoms with van der Waals surface area (Å²) in [5, 5.41) is 13.2. The van der Waals surface area contributed by atoms with Crippen molar-refractivity contribution in [2.75, 3.05) is 6.54 Å². The van der Waals surface area contributed by atoms with Crippen LogP contribution in [0.2, 0.25) is 10.2 Å². The molecule has 1 aromatic rings. The Morgan fingerprint density at radius 2 is 2.16 bits per heavy atom. The first-order valence-corrected chi connectivity index (χ1v) is 6.78. The van der Waals surface area contributed by atoms with Gasteiger partial charge in [0, 0.05) is 12.7 Å². The number of halogens is 2. The van der Waals surface area contributed by atoms with E-state index in [-0.39, 0.29) is 28.2 Å².